The Balaban J connectivity index is 1.53. The zero-order valence-electron chi connectivity index (χ0n) is 21.9. The minimum atomic E-state index is -0.703. The second-order valence-electron chi connectivity index (χ2n) is 11.2. The largest absolute Gasteiger partial charge is 0.507 e. The van der Waals surface area contributed by atoms with Crippen molar-refractivity contribution in [1.82, 2.24) is 14.8 Å². The lowest BCUT2D eigenvalue weighted by Crippen LogP contribution is -2.57. The molecule has 5 heterocycles. The van der Waals surface area contributed by atoms with Crippen LogP contribution in [-0.2, 0) is 9.53 Å². The number of hydrogen-bond donors (Lipinski definition) is 1. The zero-order valence-corrected chi connectivity index (χ0v) is 22.6. The molecule has 11 heteroatoms. The van der Waals surface area contributed by atoms with Crippen LogP contribution in [0.5, 0.6) is 11.5 Å². The van der Waals surface area contributed by atoms with Crippen molar-refractivity contribution in [1.29, 1.82) is 0 Å². The topological polar surface area (TPSA) is 95.4 Å². The van der Waals surface area contributed by atoms with Crippen LogP contribution >= 0.6 is 11.6 Å². The molecule has 0 radical (unpaired) electrons. The molecule has 1 spiro atoms. The van der Waals surface area contributed by atoms with Gasteiger partial charge in [0.05, 0.1) is 23.8 Å². The predicted octanol–water partition coefficient (Wildman–Crippen LogP) is 3.63. The molecule has 2 amide bonds. The Kier molecular flexibility index (Phi) is 6.03. The summed E-state index contributed by atoms with van der Waals surface area (Å²) in [5.74, 6) is -1.17. The Hall–Kier alpha value is -3.37. The summed E-state index contributed by atoms with van der Waals surface area (Å²) in [6, 6.07) is 3.54. The number of phenolic OH excluding ortho intramolecular Hbond substituents is 1. The van der Waals surface area contributed by atoms with E-state index in [0.717, 1.165) is 12.8 Å². The molecular weight excluding hydrogens is 527 g/mol. The van der Waals surface area contributed by atoms with Gasteiger partial charge in [-0.05, 0) is 32.1 Å². The molecule has 206 valence electrons. The van der Waals surface area contributed by atoms with Gasteiger partial charge in [0.2, 0.25) is 5.91 Å². The Bertz CT molecular complexity index is 1370. The standard InChI is InChI=1S/C28H30ClFN4O5/c1-4-19(36)32-9-10-33-16(12-32)13-38-24-21(26(33)37)25(34-15-28(8-11-39-28)14-27(34,2)3)31-23(22(24)29)20-17(30)6-5-7-18(20)35/h4-7,16,35H,1,8-15H2,2-3H3/t16-,28?/m1/s1. The van der Waals surface area contributed by atoms with Gasteiger partial charge in [-0.15, -0.1) is 0 Å². The molecule has 1 N–H and O–H groups in total. The molecule has 0 aliphatic carbocycles. The molecule has 3 saturated heterocycles. The molecule has 3 fully saturated rings. The van der Waals surface area contributed by atoms with Gasteiger partial charge in [0, 0.05) is 44.6 Å². The van der Waals surface area contributed by atoms with Crippen molar-refractivity contribution in [2.75, 3.05) is 44.3 Å². The van der Waals surface area contributed by atoms with Crippen LogP contribution in [0.3, 0.4) is 0 Å². The molecule has 39 heavy (non-hydrogen) atoms. The molecule has 9 nitrogen and oxygen atoms in total. The fraction of sp³-hybridized carbons (Fsp3) is 0.464. The molecule has 4 aliphatic heterocycles. The number of halogens is 2. The van der Waals surface area contributed by atoms with E-state index >= 15 is 4.39 Å². The van der Waals surface area contributed by atoms with Crippen LogP contribution in [0.15, 0.2) is 30.9 Å². The molecule has 2 atom stereocenters. The predicted molar refractivity (Wildman–Crippen MR) is 143 cm³/mol. The first-order chi connectivity index (χ1) is 18.5. The van der Waals surface area contributed by atoms with Crippen LogP contribution < -0.4 is 9.64 Å². The van der Waals surface area contributed by atoms with E-state index in [1.165, 1.54) is 24.3 Å². The normalized spacial score (nSPS) is 25.5. The van der Waals surface area contributed by atoms with Gasteiger partial charge >= 0.3 is 0 Å². The molecule has 1 aromatic carbocycles. The van der Waals surface area contributed by atoms with Crippen LogP contribution in [0.2, 0.25) is 5.02 Å². The third-order valence-electron chi connectivity index (χ3n) is 8.32. The van der Waals surface area contributed by atoms with Crippen molar-refractivity contribution in [3.05, 3.63) is 47.3 Å². The van der Waals surface area contributed by atoms with E-state index in [1.54, 1.807) is 9.80 Å². The zero-order chi connectivity index (χ0) is 27.7. The summed E-state index contributed by atoms with van der Waals surface area (Å²) in [5.41, 5.74) is -0.798. The number of phenols is 1. The van der Waals surface area contributed by atoms with E-state index < -0.39 is 17.4 Å². The molecule has 0 saturated carbocycles. The number of nitrogens with zero attached hydrogens (tertiary/aromatic N) is 4. The quantitative estimate of drug-likeness (QED) is 0.577. The van der Waals surface area contributed by atoms with Gasteiger partial charge in [-0.1, -0.05) is 24.2 Å². The maximum Gasteiger partial charge on any atom is 0.261 e. The number of fused-ring (bicyclic) bond motifs is 2. The first kappa shape index (κ1) is 25.9. The number of piperazine rings is 1. The van der Waals surface area contributed by atoms with Crippen molar-refractivity contribution in [2.24, 2.45) is 0 Å². The minimum Gasteiger partial charge on any atom is -0.507 e. The fourth-order valence-corrected chi connectivity index (χ4v) is 6.63. The third-order valence-corrected chi connectivity index (χ3v) is 8.67. The molecule has 1 unspecified atom stereocenters. The lowest BCUT2D eigenvalue weighted by Gasteiger charge is -2.40. The average molecular weight is 557 g/mol. The number of aromatic hydroxyl groups is 1. The Morgan fingerprint density at radius 1 is 1.31 bits per heavy atom. The maximum atomic E-state index is 15.1. The van der Waals surface area contributed by atoms with Crippen molar-refractivity contribution in [2.45, 2.75) is 43.9 Å². The molecule has 2 aromatic rings. The van der Waals surface area contributed by atoms with Gasteiger partial charge in [-0.2, -0.15) is 0 Å². The Labute approximate surface area is 230 Å². The summed E-state index contributed by atoms with van der Waals surface area (Å²) in [6.07, 6.45) is 2.86. The number of ether oxygens (including phenoxy) is 2. The first-order valence-electron chi connectivity index (χ1n) is 13.0. The lowest BCUT2D eigenvalue weighted by molar-refractivity contribution is -0.134. The van der Waals surface area contributed by atoms with Crippen LogP contribution in [0.1, 0.15) is 37.0 Å². The smallest absolute Gasteiger partial charge is 0.261 e. The van der Waals surface area contributed by atoms with E-state index in [2.05, 4.69) is 20.4 Å². The lowest BCUT2D eigenvalue weighted by atomic mass is 9.87. The summed E-state index contributed by atoms with van der Waals surface area (Å²) < 4.78 is 27.3. The Morgan fingerprint density at radius 3 is 2.72 bits per heavy atom. The first-order valence-corrected chi connectivity index (χ1v) is 13.4. The number of carbonyl (C=O) groups is 2. The summed E-state index contributed by atoms with van der Waals surface area (Å²) in [7, 11) is 0. The molecular formula is C28H30ClFN4O5. The van der Waals surface area contributed by atoms with Crippen LogP contribution in [0.25, 0.3) is 11.3 Å². The number of anilines is 1. The molecule has 0 bridgehead atoms. The SMILES string of the molecule is C=CC(=O)N1CCN2C(=O)c3c(N4CC5(CCO5)CC4(C)C)nc(-c4c(O)cccc4F)c(Cl)c3OC[C@H]2C1. The van der Waals surface area contributed by atoms with Gasteiger partial charge in [-0.3, -0.25) is 9.59 Å². The Morgan fingerprint density at radius 2 is 2.08 bits per heavy atom. The minimum absolute atomic E-state index is 0.0107. The van der Waals surface area contributed by atoms with Crippen molar-refractivity contribution in [3.63, 3.8) is 0 Å². The maximum absolute atomic E-state index is 15.1. The highest BCUT2D eigenvalue weighted by molar-refractivity contribution is 6.35. The van der Waals surface area contributed by atoms with Crippen molar-refractivity contribution >= 4 is 29.2 Å². The highest BCUT2D eigenvalue weighted by Crippen LogP contribution is 2.51. The second-order valence-corrected chi connectivity index (χ2v) is 11.6. The number of pyridine rings is 1. The number of benzene rings is 1. The van der Waals surface area contributed by atoms with E-state index in [4.69, 9.17) is 26.1 Å². The highest BCUT2D eigenvalue weighted by atomic mass is 35.5. The second kappa shape index (κ2) is 9.09. The number of aromatic nitrogens is 1. The van der Waals surface area contributed by atoms with Gasteiger partial charge in [0.15, 0.2) is 5.75 Å². The van der Waals surface area contributed by atoms with Crippen LogP contribution in [0, 0.1) is 5.82 Å². The molecule has 1 aromatic heterocycles. The van der Waals surface area contributed by atoms with E-state index in [9.17, 15) is 14.7 Å². The van der Waals surface area contributed by atoms with E-state index in [-0.39, 0.29) is 63.9 Å². The highest BCUT2D eigenvalue weighted by Gasteiger charge is 2.54. The van der Waals surface area contributed by atoms with Crippen LogP contribution in [-0.4, -0.2) is 88.3 Å². The number of amides is 2. The molecule has 6 rings (SSSR count). The molecule has 4 aliphatic rings. The summed E-state index contributed by atoms with van der Waals surface area (Å²) in [5, 5.41) is 10.5. The monoisotopic (exact) mass is 556 g/mol. The van der Waals surface area contributed by atoms with Gasteiger partial charge in [0.1, 0.15) is 40.3 Å². The van der Waals surface area contributed by atoms with Crippen molar-refractivity contribution in [3.8, 4) is 22.8 Å². The number of carbonyl (C=O) groups excluding carboxylic acids is 2. The third kappa shape index (κ3) is 4.03. The number of hydrogen-bond acceptors (Lipinski definition) is 7. The summed E-state index contributed by atoms with van der Waals surface area (Å²) in [6.45, 7) is 9.83. The summed E-state index contributed by atoms with van der Waals surface area (Å²) in [4.78, 5) is 36.7. The van der Waals surface area contributed by atoms with Gasteiger partial charge in [-0.25, -0.2) is 9.37 Å². The van der Waals surface area contributed by atoms with Crippen molar-refractivity contribution < 1.29 is 28.6 Å². The average Bonchev–Trinajstić information content (AvgIpc) is 3.10. The summed E-state index contributed by atoms with van der Waals surface area (Å²) >= 11 is 6.83. The fourth-order valence-electron chi connectivity index (χ4n) is 6.34. The van der Waals surface area contributed by atoms with Gasteiger partial charge in [0.25, 0.3) is 5.91 Å². The number of rotatable bonds is 3. The van der Waals surface area contributed by atoms with Crippen LogP contribution in [0.4, 0.5) is 10.2 Å². The van der Waals surface area contributed by atoms with E-state index in [1.807, 2.05) is 4.90 Å². The van der Waals surface area contributed by atoms with E-state index in [0.29, 0.717) is 32.1 Å². The van der Waals surface area contributed by atoms with Gasteiger partial charge < -0.3 is 29.3 Å².